The van der Waals surface area contributed by atoms with E-state index in [1.165, 1.54) is 11.8 Å². The number of unbranched alkanes of at least 4 members (excludes halogenated alkanes) is 1. The van der Waals surface area contributed by atoms with Crippen LogP contribution in [0.5, 0.6) is 0 Å². The lowest BCUT2D eigenvalue weighted by Crippen LogP contribution is -2.57. The molecule has 0 saturated carbocycles. The number of carboxylic acids is 1. The summed E-state index contributed by atoms with van der Waals surface area (Å²) in [4.78, 5) is 54.3. The van der Waals surface area contributed by atoms with Crippen LogP contribution in [-0.2, 0) is 25.6 Å². The summed E-state index contributed by atoms with van der Waals surface area (Å²) in [7, 11) is 0. The number of nitrogens with two attached hydrogens (primary N) is 2. The Hall–Kier alpha value is -3.09. The molecule has 4 atom stereocenters. The molecule has 2 rings (SSSR count). The normalized spacial score (nSPS) is 14.3. The number of aromatic amines is 1. The minimum absolute atomic E-state index is 0.0475. The number of hydrogen-bond donors (Lipinski definition) is 7. The van der Waals surface area contributed by atoms with Crippen LogP contribution in [0, 0.1) is 5.92 Å². The second-order valence-electron chi connectivity index (χ2n) is 10.4. The lowest BCUT2D eigenvalue weighted by Gasteiger charge is -2.25. The zero-order chi connectivity index (χ0) is 29.7. The highest BCUT2D eigenvalue weighted by molar-refractivity contribution is 7.98. The fraction of sp³-hybridized carbons (Fsp3) is 0.571. The number of rotatable bonds is 18. The number of carbonyl (C=O) groups is 4. The third-order valence-corrected chi connectivity index (χ3v) is 7.24. The average Bonchev–Trinajstić information content (AvgIpc) is 3.32. The predicted octanol–water partition coefficient (Wildman–Crippen LogP) is 1.50. The average molecular weight is 577 g/mol. The first-order chi connectivity index (χ1) is 19.1. The largest absolute Gasteiger partial charge is 0.480 e. The molecule has 11 nitrogen and oxygen atoms in total. The highest BCUT2D eigenvalue weighted by Crippen LogP contribution is 2.19. The molecule has 0 bridgehead atoms. The van der Waals surface area contributed by atoms with Gasteiger partial charge in [0.1, 0.15) is 18.1 Å². The standard InChI is InChI=1S/C28H44N6O5S/c1-17(2)14-24(28(38)39)34-26(36)22(10-6-7-12-29)33-27(37)23(11-13-40-3)32-25(35)20(30)15-18-16-31-21-9-5-4-8-19(18)21/h4-5,8-9,16-17,20,22-24,31H,6-7,10-15,29-30H2,1-3H3,(H,32,35)(H,33,37)(H,34,36)(H,38,39). The minimum Gasteiger partial charge on any atom is -0.480 e. The quantitative estimate of drug-likeness (QED) is 0.130. The molecular weight excluding hydrogens is 532 g/mol. The van der Waals surface area contributed by atoms with E-state index >= 15 is 0 Å². The maximum absolute atomic E-state index is 13.3. The van der Waals surface area contributed by atoms with Crippen LogP contribution >= 0.6 is 11.8 Å². The molecule has 222 valence electrons. The molecule has 4 unspecified atom stereocenters. The number of aromatic nitrogens is 1. The highest BCUT2D eigenvalue weighted by atomic mass is 32.2. The zero-order valence-corrected chi connectivity index (χ0v) is 24.4. The van der Waals surface area contributed by atoms with Gasteiger partial charge in [0.05, 0.1) is 6.04 Å². The Morgan fingerprint density at radius 2 is 1.57 bits per heavy atom. The van der Waals surface area contributed by atoms with Gasteiger partial charge in [0.2, 0.25) is 17.7 Å². The van der Waals surface area contributed by atoms with Gasteiger partial charge in [-0.3, -0.25) is 14.4 Å². The van der Waals surface area contributed by atoms with Crippen LogP contribution in [0.2, 0.25) is 0 Å². The summed E-state index contributed by atoms with van der Waals surface area (Å²) >= 11 is 1.52. The molecule has 40 heavy (non-hydrogen) atoms. The molecule has 0 fully saturated rings. The Morgan fingerprint density at radius 3 is 2.20 bits per heavy atom. The smallest absolute Gasteiger partial charge is 0.326 e. The van der Waals surface area contributed by atoms with Gasteiger partial charge in [-0.25, -0.2) is 4.79 Å². The number of H-pyrrole nitrogens is 1. The van der Waals surface area contributed by atoms with Gasteiger partial charge < -0.3 is 37.5 Å². The molecule has 2 aromatic rings. The maximum atomic E-state index is 13.3. The Bertz CT molecular complexity index is 1120. The van der Waals surface area contributed by atoms with E-state index in [4.69, 9.17) is 11.5 Å². The third kappa shape index (κ3) is 10.5. The Balaban J connectivity index is 2.12. The van der Waals surface area contributed by atoms with Crippen molar-refractivity contribution in [2.45, 2.75) is 76.5 Å². The van der Waals surface area contributed by atoms with E-state index in [9.17, 15) is 24.3 Å². The minimum atomic E-state index is -1.14. The number of benzene rings is 1. The maximum Gasteiger partial charge on any atom is 0.326 e. The fourth-order valence-electron chi connectivity index (χ4n) is 4.41. The summed E-state index contributed by atoms with van der Waals surface area (Å²) in [5.74, 6) is -2.07. The Kier molecular flexibility index (Phi) is 14.0. The van der Waals surface area contributed by atoms with E-state index < -0.39 is 47.9 Å². The van der Waals surface area contributed by atoms with Gasteiger partial charge in [-0.05, 0) is 74.6 Å². The number of thioether (sulfide) groups is 1. The van der Waals surface area contributed by atoms with Crippen molar-refractivity contribution in [1.82, 2.24) is 20.9 Å². The lowest BCUT2D eigenvalue weighted by molar-refractivity contribution is -0.142. The van der Waals surface area contributed by atoms with Gasteiger partial charge in [0, 0.05) is 17.1 Å². The second-order valence-corrected chi connectivity index (χ2v) is 11.4. The van der Waals surface area contributed by atoms with Crippen LogP contribution in [0.1, 0.15) is 51.5 Å². The van der Waals surface area contributed by atoms with Crippen molar-refractivity contribution in [2.75, 3.05) is 18.6 Å². The van der Waals surface area contributed by atoms with E-state index in [-0.39, 0.29) is 25.2 Å². The zero-order valence-electron chi connectivity index (χ0n) is 23.6. The van der Waals surface area contributed by atoms with E-state index in [0.29, 0.717) is 31.6 Å². The van der Waals surface area contributed by atoms with E-state index in [1.54, 1.807) is 0 Å². The van der Waals surface area contributed by atoms with Gasteiger partial charge in [-0.1, -0.05) is 32.0 Å². The lowest BCUT2D eigenvalue weighted by atomic mass is 10.0. The van der Waals surface area contributed by atoms with E-state index in [1.807, 2.05) is 50.6 Å². The van der Waals surface area contributed by atoms with Crippen molar-refractivity contribution in [3.8, 4) is 0 Å². The van der Waals surface area contributed by atoms with Crippen LogP contribution in [-0.4, -0.2) is 76.5 Å². The van der Waals surface area contributed by atoms with Crippen molar-refractivity contribution in [1.29, 1.82) is 0 Å². The number of fused-ring (bicyclic) bond motifs is 1. The third-order valence-electron chi connectivity index (χ3n) is 6.60. The number of amides is 3. The molecule has 12 heteroatoms. The molecule has 1 heterocycles. The first-order valence-corrected chi connectivity index (χ1v) is 15.1. The topological polar surface area (TPSA) is 192 Å². The number of aliphatic carboxylic acids is 1. The Morgan fingerprint density at radius 1 is 0.950 bits per heavy atom. The van der Waals surface area contributed by atoms with Crippen LogP contribution in [0.15, 0.2) is 30.5 Å². The molecule has 0 saturated heterocycles. The number of nitrogens with one attached hydrogen (secondary N) is 4. The molecule has 0 aliphatic rings. The van der Waals surface area contributed by atoms with Crippen molar-refractivity contribution in [2.24, 2.45) is 17.4 Å². The number of carboxylic acid groups (broad SMARTS) is 1. The molecule has 9 N–H and O–H groups in total. The second kappa shape index (κ2) is 16.9. The van der Waals surface area contributed by atoms with Crippen LogP contribution in [0.25, 0.3) is 10.9 Å². The van der Waals surface area contributed by atoms with Crippen molar-refractivity contribution < 1.29 is 24.3 Å². The van der Waals surface area contributed by atoms with Gasteiger partial charge in [0.15, 0.2) is 0 Å². The number of hydrogen-bond acceptors (Lipinski definition) is 7. The molecule has 0 aliphatic heterocycles. The monoisotopic (exact) mass is 576 g/mol. The summed E-state index contributed by atoms with van der Waals surface area (Å²) in [5.41, 5.74) is 13.7. The first kappa shape index (κ1) is 33.1. The predicted molar refractivity (Wildman–Crippen MR) is 159 cm³/mol. The SMILES string of the molecule is CSCCC(NC(=O)C(N)Cc1c[nH]c2ccccc12)C(=O)NC(CCCCN)C(=O)NC(CC(C)C)C(=O)O. The van der Waals surface area contributed by atoms with E-state index in [0.717, 1.165) is 16.5 Å². The van der Waals surface area contributed by atoms with Crippen molar-refractivity contribution in [3.63, 3.8) is 0 Å². The van der Waals surface area contributed by atoms with Crippen LogP contribution in [0.3, 0.4) is 0 Å². The molecule has 0 aliphatic carbocycles. The van der Waals surface area contributed by atoms with Gasteiger partial charge >= 0.3 is 5.97 Å². The number of carbonyl (C=O) groups excluding carboxylic acids is 3. The summed E-state index contributed by atoms with van der Waals surface area (Å²) in [5, 5.41) is 18.6. The van der Waals surface area contributed by atoms with Gasteiger partial charge in [-0.15, -0.1) is 0 Å². The summed E-state index contributed by atoms with van der Waals surface area (Å²) in [6.45, 7) is 4.16. The molecule has 3 amide bonds. The fourth-order valence-corrected chi connectivity index (χ4v) is 4.88. The van der Waals surface area contributed by atoms with Crippen molar-refractivity contribution >= 4 is 46.4 Å². The number of para-hydroxylation sites is 1. The molecule has 0 radical (unpaired) electrons. The first-order valence-electron chi connectivity index (χ1n) is 13.7. The molecule has 1 aromatic heterocycles. The summed E-state index contributed by atoms with van der Waals surface area (Å²) in [6, 6.07) is 3.87. The highest BCUT2D eigenvalue weighted by Gasteiger charge is 2.30. The van der Waals surface area contributed by atoms with Crippen LogP contribution < -0.4 is 27.4 Å². The van der Waals surface area contributed by atoms with Crippen molar-refractivity contribution in [3.05, 3.63) is 36.0 Å². The molecule has 1 aromatic carbocycles. The summed E-state index contributed by atoms with van der Waals surface area (Å²) < 4.78 is 0. The van der Waals surface area contributed by atoms with Gasteiger partial charge in [-0.2, -0.15) is 11.8 Å². The Labute approximate surface area is 240 Å². The van der Waals surface area contributed by atoms with Gasteiger partial charge in [0.25, 0.3) is 0 Å². The summed E-state index contributed by atoms with van der Waals surface area (Å²) in [6.07, 6.45) is 6.08. The molecular formula is C28H44N6O5S. The van der Waals surface area contributed by atoms with E-state index in [2.05, 4.69) is 20.9 Å². The molecule has 0 spiro atoms. The van der Waals surface area contributed by atoms with Crippen LogP contribution in [0.4, 0.5) is 0 Å².